The maximum atomic E-state index is 12.5. The molecule has 4 atom stereocenters. The van der Waals surface area contributed by atoms with Crippen molar-refractivity contribution in [1.82, 2.24) is 14.5 Å². The fourth-order valence-corrected chi connectivity index (χ4v) is 3.29. The number of nitrogens with zero attached hydrogens (tertiary/aromatic N) is 2. The lowest BCUT2D eigenvalue weighted by Crippen LogP contribution is -2.42. The number of nitrogens with one attached hydrogen (secondary N) is 1. The Morgan fingerprint density at radius 1 is 1.37 bits per heavy atom. The van der Waals surface area contributed by atoms with E-state index in [4.69, 9.17) is 27.2 Å². The minimum atomic E-state index is -5.18. The fourth-order valence-electron chi connectivity index (χ4n) is 2.63. The summed E-state index contributed by atoms with van der Waals surface area (Å²) < 4.78 is 59.2. The van der Waals surface area contributed by atoms with E-state index < -0.39 is 72.7 Å². The molecule has 30 heavy (non-hydrogen) atoms. The Kier molecular flexibility index (Phi) is 7.45. The first-order valence-corrected chi connectivity index (χ1v) is 11.4. The highest BCUT2D eigenvalue weighted by atomic mass is 35.9. The molecule has 11 nitrogen and oxygen atoms in total. The Labute approximate surface area is 174 Å². The molecule has 1 amide bonds. The molecule has 1 aliphatic heterocycles. The number of aliphatic hydroxyl groups is 2. The van der Waals surface area contributed by atoms with Crippen LogP contribution < -0.4 is 11.2 Å². The van der Waals surface area contributed by atoms with Gasteiger partial charge in [-0.05, 0) is 22.5 Å². The van der Waals surface area contributed by atoms with Crippen LogP contribution in [0.1, 0.15) is 11.8 Å². The number of amides is 1. The van der Waals surface area contributed by atoms with Gasteiger partial charge in [-0.3, -0.25) is 23.7 Å². The molecule has 3 N–H and O–H groups in total. The standard InChI is InChI=1S/C13H15Cl2F3N3O8P/c1-20(11(25)13(16,17)18)2-5-3-21(12(26)19-9(5)24)10-8(23)7(22)6(29-10)4-28-30(14,15)27/h3,6-8,10,22-23H,2,4H2,1H3,(H,19,24,26)/t6-,7?,8+,10-/m1/s1. The van der Waals surface area contributed by atoms with Crippen LogP contribution in [-0.2, 0) is 25.2 Å². The Morgan fingerprint density at radius 2 is 1.97 bits per heavy atom. The molecule has 1 saturated heterocycles. The number of ether oxygens (including phenoxy) is 1. The summed E-state index contributed by atoms with van der Waals surface area (Å²) in [6.45, 7) is -1.46. The molecule has 0 aromatic carbocycles. The van der Waals surface area contributed by atoms with E-state index in [2.05, 4.69) is 4.52 Å². The third-order valence-corrected chi connectivity index (χ3v) is 5.07. The van der Waals surface area contributed by atoms with E-state index in [0.717, 1.165) is 13.2 Å². The molecule has 2 heterocycles. The minimum Gasteiger partial charge on any atom is -0.387 e. The van der Waals surface area contributed by atoms with Gasteiger partial charge in [-0.1, -0.05) is 0 Å². The quantitative estimate of drug-likeness (QED) is 0.472. The molecule has 0 saturated carbocycles. The molecule has 1 aromatic heterocycles. The number of aromatic nitrogens is 2. The van der Waals surface area contributed by atoms with Gasteiger partial charge in [-0.15, -0.1) is 0 Å². The summed E-state index contributed by atoms with van der Waals surface area (Å²) in [6.07, 6.45) is -14.8. The Morgan fingerprint density at radius 3 is 2.50 bits per heavy atom. The molecule has 0 spiro atoms. The topological polar surface area (TPSA) is 151 Å². The van der Waals surface area contributed by atoms with Gasteiger partial charge < -0.3 is 24.4 Å². The van der Waals surface area contributed by atoms with Crippen LogP contribution in [-0.4, -0.2) is 68.7 Å². The summed E-state index contributed by atoms with van der Waals surface area (Å²) in [5, 5.41) is 20.2. The molecule has 1 aromatic rings. The van der Waals surface area contributed by atoms with E-state index >= 15 is 0 Å². The third kappa shape index (κ3) is 5.84. The molecule has 0 bridgehead atoms. The number of halogens is 5. The molecule has 2 rings (SSSR count). The number of hydrogen-bond acceptors (Lipinski definition) is 8. The molecule has 170 valence electrons. The van der Waals surface area contributed by atoms with Crippen molar-refractivity contribution in [3.8, 4) is 0 Å². The zero-order valence-corrected chi connectivity index (χ0v) is 17.3. The van der Waals surface area contributed by atoms with Gasteiger partial charge in [-0.2, -0.15) is 13.2 Å². The highest BCUT2D eigenvalue weighted by Gasteiger charge is 2.45. The molecule has 1 fully saturated rings. The van der Waals surface area contributed by atoms with Gasteiger partial charge in [-0.25, -0.2) is 4.79 Å². The Hall–Kier alpha value is -1.41. The summed E-state index contributed by atoms with van der Waals surface area (Å²) in [5.74, 6) is -2.23. The highest BCUT2D eigenvalue weighted by molar-refractivity contribution is 8.05. The maximum Gasteiger partial charge on any atom is 0.471 e. The van der Waals surface area contributed by atoms with Crippen LogP contribution in [0.5, 0.6) is 0 Å². The van der Waals surface area contributed by atoms with Crippen LogP contribution in [0.4, 0.5) is 13.2 Å². The highest BCUT2D eigenvalue weighted by Crippen LogP contribution is 2.57. The molecule has 0 radical (unpaired) electrons. The largest absolute Gasteiger partial charge is 0.471 e. The van der Waals surface area contributed by atoms with Crippen molar-refractivity contribution in [2.24, 2.45) is 0 Å². The third-order valence-electron chi connectivity index (χ3n) is 4.04. The van der Waals surface area contributed by atoms with Gasteiger partial charge in [0.05, 0.1) is 18.7 Å². The first-order valence-electron chi connectivity index (χ1n) is 7.94. The Bertz CT molecular complexity index is 964. The van der Waals surface area contributed by atoms with Gasteiger partial charge in [0.1, 0.15) is 18.3 Å². The summed E-state index contributed by atoms with van der Waals surface area (Å²) in [5.41, 5.74) is -2.63. The van der Waals surface area contributed by atoms with E-state index in [1.807, 2.05) is 4.98 Å². The van der Waals surface area contributed by atoms with Crippen molar-refractivity contribution in [3.63, 3.8) is 0 Å². The minimum absolute atomic E-state index is 0.204. The number of aromatic amines is 1. The van der Waals surface area contributed by atoms with Crippen molar-refractivity contribution in [1.29, 1.82) is 0 Å². The van der Waals surface area contributed by atoms with Crippen molar-refractivity contribution < 1.29 is 42.0 Å². The Balaban J connectivity index is 2.29. The molecule has 1 aliphatic rings. The summed E-state index contributed by atoms with van der Waals surface area (Å²) in [7, 11) is 0.791. The van der Waals surface area contributed by atoms with Crippen molar-refractivity contribution in [2.45, 2.75) is 37.3 Å². The van der Waals surface area contributed by atoms with Crippen molar-refractivity contribution in [2.75, 3.05) is 13.7 Å². The number of rotatable bonds is 6. The van der Waals surface area contributed by atoms with E-state index in [0.29, 0.717) is 4.57 Å². The van der Waals surface area contributed by atoms with E-state index in [9.17, 15) is 42.3 Å². The predicted octanol–water partition coefficient (Wildman–Crippen LogP) is 0.279. The van der Waals surface area contributed by atoms with E-state index in [1.165, 1.54) is 0 Å². The number of alkyl halides is 3. The number of aliphatic hydroxyl groups excluding tert-OH is 2. The molecular weight excluding hydrogens is 485 g/mol. The van der Waals surface area contributed by atoms with Crippen LogP contribution >= 0.6 is 28.6 Å². The van der Waals surface area contributed by atoms with Gasteiger partial charge in [0.15, 0.2) is 6.23 Å². The second-order valence-corrected chi connectivity index (χ2v) is 10.5. The van der Waals surface area contributed by atoms with Crippen molar-refractivity contribution >= 4 is 34.5 Å². The lowest BCUT2D eigenvalue weighted by molar-refractivity contribution is -0.184. The van der Waals surface area contributed by atoms with Gasteiger partial charge in [0.2, 0.25) is 0 Å². The van der Waals surface area contributed by atoms with Crippen molar-refractivity contribution in [3.05, 3.63) is 32.6 Å². The average molecular weight is 500 g/mol. The fraction of sp³-hybridized carbons (Fsp3) is 0.615. The van der Waals surface area contributed by atoms with Gasteiger partial charge in [0, 0.05) is 13.2 Å². The number of H-pyrrole nitrogens is 1. The zero-order chi connectivity index (χ0) is 23.0. The normalized spacial score (nSPS) is 24.8. The molecule has 17 heteroatoms. The predicted molar refractivity (Wildman–Crippen MR) is 95.0 cm³/mol. The van der Waals surface area contributed by atoms with Crippen LogP contribution in [0.3, 0.4) is 0 Å². The van der Waals surface area contributed by atoms with E-state index in [1.54, 1.807) is 0 Å². The second kappa shape index (κ2) is 8.99. The lowest BCUT2D eigenvalue weighted by Gasteiger charge is -2.21. The van der Waals surface area contributed by atoms with Crippen LogP contribution in [0, 0.1) is 0 Å². The van der Waals surface area contributed by atoms with Crippen LogP contribution in [0.15, 0.2) is 15.8 Å². The average Bonchev–Trinajstić information content (AvgIpc) is 2.88. The second-order valence-electron chi connectivity index (χ2n) is 6.24. The maximum absolute atomic E-state index is 12.5. The molecular formula is C13H15Cl2F3N3O8P. The van der Waals surface area contributed by atoms with Gasteiger partial charge in [0.25, 0.3) is 5.56 Å². The summed E-state index contributed by atoms with van der Waals surface area (Å²) >= 11 is 10.4. The summed E-state index contributed by atoms with van der Waals surface area (Å²) in [6, 6.07) is 0. The first kappa shape index (κ1) is 24.9. The van der Waals surface area contributed by atoms with E-state index in [-0.39, 0.29) is 4.90 Å². The summed E-state index contributed by atoms with van der Waals surface area (Å²) in [4.78, 5) is 37.3. The smallest absolute Gasteiger partial charge is 0.387 e. The molecule has 1 unspecified atom stereocenters. The SMILES string of the molecule is CN(Cc1cn([C@@H]2O[C@H](COP(=O)(Cl)Cl)C(O)[C@@H]2O)c(=O)[nH]c1=O)C(=O)C(F)(F)F. The lowest BCUT2D eigenvalue weighted by atomic mass is 10.1. The zero-order valence-electron chi connectivity index (χ0n) is 14.9. The number of carbonyl (C=O) groups is 1. The number of hydrogen-bond donors (Lipinski definition) is 3. The number of carbonyl (C=O) groups excluding carboxylic acids is 1. The molecule has 0 aliphatic carbocycles. The monoisotopic (exact) mass is 499 g/mol. The first-order chi connectivity index (χ1) is 13.6. The van der Waals surface area contributed by atoms with Gasteiger partial charge >= 0.3 is 23.8 Å². The van der Waals surface area contributed by atoms with Crippen LogP contribution in [0.25, 0.3) is 0 Å². The van der Waals surface area contributed by atoms with Crippen LogP contribution in [0.2, 0.25) is 0 Å².